The van der Waals surface area contributed by atoms with Gasteiger partial charge in [-0.05, 0) is 36.5 Å². The zero-order valence-electron chi connectivity index (χ0n) is 15.6. The number of para-hydroxylation sites is 1. The van der Waals surface area contributed by atoms with E-state index in [-0.39, 0.29) is 12.1 Å². The van der Waals surface area contributed by atoms with Gasteiger partial charge in [-0.3, -0.25) is 0 Å². The van der Waals surface area contributed by atoms with Gasteiger partial charge in [-0.2, -0.15) is 5.26 Å². The number of carbonyl (C=O) groups is 1. The fraction of sp³-hybridized carbons (Fsp3) is 0.261. The van der Waals surface area contributed by atoms with Gasteiger partial charge in [0, 0.05) is 24.0 Å². The van der Waals surface area contributed by atoms with Gasteiger partial charge < -0.3 is 10.0 Å². The second kappa shape index (κ2) is 7.69. The standard InChI is InChI=1S/C23H21N3O2/c24-13-12-16-8-2-3-9-17(16)20-18-10-4-5-11-19(18)25-21(23(27)28)22(20)26-14-6-1-7-15-26/h2-5,8-11H,1,6-7,12,14-15H2,(H,27,28). The van der Waals surface area contributed by atoms with E-state index in [9.17, 15) is 15.2 Å². The zero-order chi connectivity index (χ0) is 19.5. The first-order chi connectivity index (χ1) is 13.7. The highest BCUT2D eigenvalue weighted by Crippen LogP contribution is 2.41. The van der Waals surface area contributed by atoms with Gasteiger partial charge >= 0.3 is 5.97 Å². The first-order valence-electron chi connectivity index (χ1n) is 9.57. The summed E-state index contributed by atoms with van der Waals surface area (Å²) in [6, 6.07) is 17.6. The number of carboxylic acid groups (broad SMARTS) is 1. The molecule has 1 aromatic heterocycles. The number of benzene rings is 2. The second-order valence-corrected chi connectivity index (χ2v) is 7.05. The van der Waals surface area contributed by atoms with Crippen LogP contribution in [0.5, 0.6) is 0 Å². The number of fused-ring (bicyclic) bond motifs is 1. The van der Waals surface area contributed by atoms with Crippen LogP contribution < -0.4 is 4.90 Å². The normalized spacial score (nSPS) is 14.0. The van der Waals surface area contributed by atoms with E-state index < -0.39 is 5.97 Å². The highest BCUT2D eigenvalue weighted by molar-refractivity contribution is 6.08. The molecular weight excluding hydrogens is 350 g/mol. The van der Waals surface area contributed by atoms with Crippen LogP contribution in [0.1, 0.15) is 35.3 Å². The topological polar surface area (TPSA) is 77.2 Å². The van der Waals surface area contributed by atoms with Crippen LogP contribution in [0, 0.1) is 11.3 Å². The van der Waals surface area contributed by atoms with E-state index in [1.54, 1.807) is 0 Å². The Morgan fingerprint density at radius 3 is 2.54 bits per heavy atom. The highest BCUT2D eigenvalue weighted by Gasteiger charge is 2.27. The Bertz CT molecular complexity index is 1080. The largest absolute Gasteiger partial charge is 0.476 e. The summed E-state index contributed by atoms with van der Waals surface area (Å²) < 4.78 is 0. The summed E-state index contributed by atoms with van der Waals surface area (Å²) in [5.74, 6) is -1.02. The van der Waals surface area contributed by atoms with E-state index in [4.69, 9.17) is 0 Å². The Labute approximate surface area is 163 Å². The number of pyridine rings is 1. The minimum Gasteiger partial charge on any atom is -0.476 e. The van der Waals surface area contributed by atoms with Crippen molar-refractivity contribution in [3.05, 3.63) is 59.8 Å². The third-order valence-corrected chi connectivity index (χ3v) is 5.30. The number of piperidine rings is 1. The molecule has 4 rings (SSSR count). The molecule has 0 saturated carbocycles. The average Bonchev–Trinajstić information content (AvgIpc) is 2.73. The molecular formula is C23H21N3O2. The molecule has 5 heteroatoms. The predicted octanol–water partition coefficient (Wildman–Crippen LogP) is 4.66. The van der Waals surface area contributed by atoms with Crippen molar-refractivity contribution in [3.63, 3.8) is 0 Å². The van der Waals surface area contributed by atoms with E-state index >= 15 is 0 Å². The maximum Gasteiger partial charge on any atom is 0.356 e. The van der Waals surface area contributed by atoms with Crippen LogP contribution in [-0.4, -0.2) is 29.1 Å². The molecule has 1 fully saturated rings. The molecule has 28 heavy (non-hydrogen) atoms. The van der Waals surface area contributed by atoms with Gasteiger partial charge in [-0.25, -0.2) is 9.78 Å². The summed E-state index contributed by atoms with van der Waals surface area (Å²) >= 11 is 0. The third kappa shape index (κ3) is 3.18. The molecule has 2 aromatic carbocycles. The molecule has 0 atom stereocenters. The van der Waals surface area contributed by atoms with Gasteiger partial charge in [0.05, 0.1) is 23.7 Å². The van der Waals surface area contributed by atoms with Gasteiger partial charge in [0.1, 0.15) is 0 Å². The van der Waals surface area contributed by atoms with Crippen LogP contribution in [0.15, 0.2) is 48.5 Å². The highest BCUT2D eigenvalue weighted by atomic mass is 16.4. The second-order valence-electron chi connectivity index (χ2n) is 7.05. The average molecular weight is 371 g/mol. The fourth-order valence-electron chi connectivity index (χ4n) is 4.05. The van der Waals surface area contributed by atoms with Crippen molar-refractivity contribution >= 4 is 22.6 Å². The monoisotopic (exact) mass is 371 g/mol. The summed E-state index contributed by atoms with van der Waals surface area (Å²) in [5, 5.41) is 20.2. The van der Waals surface area contributed by atoms with Crippen molar-refractivity contribution in [3.8, 4) is 17.2 Å². The Kier molecular flexibility index (Phi) is 4.94. The lowest BCUT2D eigenvalue weighted by Gasteiger charge is -2.32. The van der Waals surface area contributed by atoms with Gasteiger partial charge in [0.2, 0.25) is 0 Å². The molecule has 0 spiro atoms. The minimum atomic E-state index is -1.02. The Morgan fingerprint density at radius 2 is 1.79 bits per heavy atom. The van der Waals surface area contributed by atoms with E-state index in [1.807, 2.05) is 48.5 Å². The Morgan fingerprint density at radius 1 is 1.07 bits per heavy atom. The summed E-state index contributed by atoms with van der Waals surface area (Å²) in [6.45, 7) is 1.63. The number of anilines is 1. The number of hydrogen-bond acceptors (Lipinski definition) is 4. The lowest BCUT2D eigenvalue weighted by atomic mass is 9.91. The molecule has 140 valence electrons. The van der Waals surface area contributed by atoms with Crippen molar-refractivity contribution in [1.29, 1.82) is 5.26 Å². The van der Waals surface area contributed by atoms with E-state index in [1.165, 1.54) is 0 Å². The number of hydrogen-bond donors (Lipinski definition) is 1. The molecule has 1 aliphatic rings. The predicted molar refractivity (Wildman–Crippen MR) is 110 cm³/mol. The first-order valence-corrected chi connectivity index (χ1v) is 9.57. The molecule has 0 amide bonds. The van der Waals surface area contributed by atoms with Crippen molar-refractivity contribution in [2.24, 2.45) is 0 Å². The zero-order valence-corrected chi connectivity index (χ0v) is 15.6. The number of carboxylic acids is 1. The Balaban J connectivity index is 2.10. The van der Waals surface area contributed by atoms with Crippen LogP contribution >= 0.6 is 0 Å². The first kappa shape index (κ1) is 18.0. The molecule has 1 saturated heterocycles. The molecule has 5 nitrogen and oxygen atoms in total. The lowest BCUT2D eigenvalue weighted by molar-refractivity contribution is 0.0691. The SMILES string of the molecule is N#CCc1ccccc1-c1c(N2CCCCC2)c(C(=O)O)nc2ccccc12. The van der Waals surface area contributed by atoms with Crippen LogP contribution in [0.2, 0.25) is 0 Å². The van der Waals surface area contributed by atoms with E-state index in [0.717, 1.165) is 54.4 Å². The van der Waals surface area contributed by atoms with Gasteiger partial charge in [-0.1, -0.05) is 42.5 Å². The van der Waals surface area contributed by atoms with Gasteiger partial charge in [-0.15, -0.1) is 0 Å². The maximum atomic E-state index is 12.2. The molecule has 2 heterocycles. The quantitative estimate of drug-likeness (QED) is 0.722. The number of aromatic nitrogens is 1. The summed E-state index contributed by atoms with van der Waals surface area (Å²) in [5.41, 5.74) is 4.10. The lowest BCUT2D eigenvalue weighted by Crippen LogP contribution is -2.32. The number of rotatable bonds is 4. The molecule has 0 radical (unpaired) electrons. The van der Waals surface area contributed by atoms with Crippen molar-refractivity contribution in [1.82, 2.24) is 4.98 Å². The van der Waals surface area contributed by atoms with Crippen molar-refractivity contribution in [2.45, 2.75) is 25.7 Å². The van der Waals surface area contributed by atoms with Crippen LogP contribution in [0.4, 0.5) is 5.69 Å². The van der Waals surface area contributed by atoms with E-state index in [0.29, 0.717) is 11.2 Å². The van der Waals surface area contributed by atoms with Gasteiger partial charge in [0.15, 0.2) is 5.69 Å². The molecule has 0 bridgehead atoms. The van der Waals surface area contributed by atoms with Gasteiger partial charge in [0.25, 0.3) is 0 Å². The number of aromatic carboxylic acids is 1. The fourth-order valence-corrected chi connectivity index (χ4v) is 4.05. The number of nitriles is 1. The summed E-state index contributed by atoms with van der Waals surface area (Å²) in [7, 11) is 0. The van der Waals surface area contributed by atoms with Crippen molar-refractivity contribution in [2.75, 3.05) is 18.0 Å². The van der Waals surface area contributed by atoms with E-state index in [2.05, 4.69) is 16.0 Å². The van der Waals surface area contributed by atoms with Crippen LogP contribution in [-0.2, 0) is 6.42 Å². The maximum absolute atomic E-state index is 12.2. The molecule has 1 N–H and O–H groups in total. The summed E-state index contributed by atoms with van der Waals surface area (Å²) in [4.78, 5) is 18.8. The molecule has 0 aliphatic carbocycles. The smallest absolute Gasteiger partial charge is 0.356 e. The van der Waals surface area contributed by atoms with Crippen LogP contribution in [0.25, 0.3) is 22.0 Å². The molecule has 0 unspecified atom stereocenters. The Hall–Kier alpha value is -3.39. The molecule has 3 aromatic rings. The summed E-state index contributed by atoms with van der Waals surface area (Å²) in [6.07, 6.45) is 3.49. The number of nitrogens with zero attached hydrogens (tertiary/aromatic N) is 3. The molecule has 1 aliphatic heterocycles. The third-order valence-electron chi connectivity index (χ3n) is 5.30. The van der Waals surface area contributed by atoms with Crippen molar-refractivity contribution < 1.29 is 9.90 Å². The van der Waals surface area contributed by atoms with Crippen LogP contribution in [0.3, 0.4) is 0 Å². The minimum absolute atomic E-state index is 0.0855.